The molecule has 0 bridgehead atoms. The van der Waals surface area contributed by atoms with Crippen LogP contribution < -0.4 is 10.0 Å². The van der Waals surface area contributed by atoms with E-state index in [0.717, 1.165) is 9.61 Å². The van der Waals surface area contributed by atoms with Crippen LogP contribution in [0, 0.1) is 3.57 Å². The van der Waals surface area contributed by atoms with E-state index in [0.29, 0.717) is 6.61 Å². The minimum absolute atomic E-state index is 0.0733. The first-order valence-electron chi connectivity index (χ1n) is 7.20. The highest BCUT2D eigenvalue weighted by molar-refractivity contribution is 14.1. The van der Waals surface area contributed by atoms with Gasteiger partial charge in [-0.3, -0.25) is 10.1 Å². The van der Waals surface area contributed by atoms with Crippen molar-refractivity contribution in [2.75, 3.05) is 19.9 Å². The molecule has 0 fully saturated rings. The van der Waals surface area contributed by atoms with Crippen molar-refractivity contribution >= 4 is 46.6 Å². The Morgan fingerprint density at radius 2 is 2.00 bits per heavy atom. The Kier molecular flexibility index (Phi) is 8.14. The summed E-state index contributed by atoms with van der Waals surface area (Å²) in [7, 11) is -4.95. The summed E-state index contributed by atoms with van der Waals surface area (Å²) in [4.78, 5) is 11.8. The molecule has 0 radical (unpaired) electrons. The third-order valence-corrected chi connectivity index (χ3v) is 6.59. The van der Waals surface area contributed by atoms with E-state index < -0.39 is 24.0 Å². The Bertz CT molecular complexity index is 632. The number of carbonyl (C=O) groups excluding carboxylic acids is 1. The lowest BCUT2D eigenvalue weighted by Crippen LogP contribution is -2.38. The molecule has 23 heavy (non-hydrogen) atoms. The third-order valence-electron chi connectivity index (χ3n) is 2.84. The zero-order chi connectivity index (χ0) is 17.5. The summed E-state index contributed by atoms with van der Waals surface area (Å²) in [6.07, 6.45) is 0. The molecular formula is C14H23IN2O4SSi. The van der Waals surface area contributed by atoms with Crippen LogP contribution in [-0.2, 0) is 19.6 Å². The fourth-order valence-corrected chi connectivity index (χ4v) is 4.11. The van der Waals surface area contributed by atoms with Gasteiger partial charge < -0.3 is 4.74 Å². The topological polar surface area (TPSA) is 84.5 Å². The van der Waals surface area contributed by atoms with Gasteiger partial charge in [-0.2, -0.15) is 0 Å². The molecule has 0 heterocycles. The van der Waals surface area contributed by atoms with Gasteiger partial charge in [-0.15, -0.1) is 0 Å². The maximum absolute atomic E-state index is 12.1. The highest BCUT2D eigenvalue weighted by Gasteiger charge is 2.17. The minimum atomic E-state index is -3.83. The van der Waals surface area contributed by atoms with Crippen LogP contribution in [0.5, 0.6) is 0 Å². The first kappa shape index (κ1) is 20.6. The number of sulfonamides is 1. The zero-order valence-corrected chi connectivity index (χ0v) is 17.5. The second-order valence-electron chi connectivity index (χ2n) is 6.28. The Hall–Kier alpha value is -0.493. The first-order valence-corrected chi connectivity index (χ1v) is 13.5. The number of halogens is 1. The quantitative estimate of drug-likeness (QED) is 0.250. The van der Waals surface area contributed by atoms with Gasteiger partial charge in [-0.25, -0.2) is 13.1 Å². The number of carbonyl (C=O) groups is 1. The molecule has 2 N–H and O–H groups in total. The van der Waals surface area contributed by atoms with Crippen LogP contribution in [0.25, 0.3) is 0 Å². The van der Waals surface area contributed by atoms with E-state index in [4.69, 9.17) is 4.74 Å². The number of hydrogen-bond donors (Lipinski definition) is 2. The first-order chi connectivity index (χ1) is 10.6. The van der Waals surface area contributed by atoms with Crippen molar-refractivity contribution in [1.82, 2.24) is 10.0 Å². The zero-order valence-electron chi connectivity index (χ0n) is 13.6. The van der Waals surface area contributed by atoms with Crippen LogP contribution in [-0.4, -0.2) is 42.3 Å². The number of amides is 1. The molecule has 9 heteroatoms. The SMILES string of the molecule is C[Si](C)(C)CCOCNCC(=O)NS(=O)(=O)c1cccc(I)c1. The van der Waals surface area contributed by atoms with E-state index >= 15 is 0 Å². The summed E-state index contributed by atoms with van der Waals surface area (Å²) >= 11 is 2.02. The normalized spacial score (nSPS) is 12.2. The summed E-state index contributed by atoms with van der Waals surface area (Å²) < 4.78 is 32.3. The molecule has 1 amide bonds. The average molecular weight is 470 g/mol. The standard InChI is InChI=1S/C14H23IN2O4SSi/c1-23(2,3)8-7-21-11-16-10-14(18)17-22(19,20)13-6-4-5-12(15)9-13/h4-6,9,16H,7-8,10-11H2,1-3H3,(H,17,18). The van der Waals surface area contributed by atoms with Crippen LogP contribution >= 0.6 is 22.6 Å². The van der Waals surface area contributed by atoms with Crippen molar-refractivity contribution in [3.8, 4) is 0 Å². The largest absolute Gasteiger partial charge is 0.367 e. The van der Waals surface area contributed by atoms with Crippen molar-refractivity contribution < 1.29 is 17.9 Å². The van der Waals surface area contributed by atoms with Crippen LogP contribution in [0.15, 0.2) is 29.2 Å². The molecule has 0 aliphatic carbocycles. The lowest BCUT2D eigenvalue weighted by Gasteiger charge is -2.15. The summed E-state index contributed by atoms with van der Waals surface area (Å²) in [5.41, 5.74) is 0. The Labute approximate surface area is 152 Å². The Balaban J connectivity index is 2.34. The van der Waals surface area contributed by atoms with Gasteiger partial charge in [0.2, 0.25) is 5.91 Å². The molecule has 130 valence electrons. The minimum Gasteiger partial charge on any atom is -0.367 e. The van der Waals surface area contributed by atoms with Crippen LogP contribution in [0.3, 0.4) is 0 Å². The van der Waals surface area contributed by atoms with Gasteiger partial charge in [0.15, 0.2) is 0 Å². The van der Waals surface area contributed by atoms with E-state index in [-0.39, 0.29) is 18.2 Å². The molecule has 1 rings (SSSR count). The fourth-order valence-electron chi connectivity index (χ4n) is 1.57. The Morgan fingerprint density at radius 1 is 1.30 bits per heavy atom. The molecular weight excluding hydrogens is 447 g/mol. The van der Waals surface area contributed by atoms with Gasteiger partial charge in [0.25, 0.3) is 10.0 Å². The monoisotopic (exact) mass is 470 g/mol. The van der Waals surface area contributed by atoms with Crippen molar-refractivity contribution in [1.29, 1.82) is 0 Å². The van der Waals surface area contributed by atoms with Gasteiger partial charge in [-0.05, 0) is 46.8 Å². The predicted molar refractivity (Wildman–Crippen MR) is 101 cm³/mol. The van der Waals surface area contributed by atoms with E-state index in [1.807, 2.05) is 27.3 Å². The molecule has 0 saturated carbocycles. The molecule has 1 aromatic rings. The molecule has 0 unspecified atom stereocenters. The van der Waals surface area contributed by atoms with Crippen LogP contribution in [0.2, 0.25) is 25.7 Å². The van der Waals surface area contributed by atoms with Crippen LogP contribution in [0.4, 0.5) is 0 Å². The van der Waals surface area contributed by atoms with Gasteiger partial charge in [0.1, 0.15) is 0 Å². The lowest BCUT2D eigenvalue weighted by molar-refractivity contribution is -0.118. The van der Waals surface area contributed by atoms with Crippen molar-refractivity contribution in [2.24, 2.45) is 0 Å². The van der Waals surface area contributed by atoms with Crippen molar-refractivity contribution in [3.05, 3.63) is 27.8 Å². The Morgan fingerprint density at radius 3 is 2.61 bits per heavy atom. The third kappa shape index (κ3) is 8.79. The van der Waals surface area contributed by atoms with Gasteiger partial charge >= 0.3 is 0 Å². The molecule has 0 aliphatic rings. The number of rotatable bonds is 9. The van der Waals surface area contributed by atoms with Gasteiger partial charge in [0, 0.05) is 18.3 Å². The molecule has 0 saturated heterocycles. The summed E-state index contributed by atoms with van der Waals surface area (Å²) in [5, 5.41) is 2.77. The summed E-state index contributed by atoms with van der Waals surface area (Å²) in [6, 6.07) is 7.40. The van der Waals surface area contributed by atoms with Gasteiger partial charge in [0.05, 0.1) is 18.2 Å². The fraction of sp³-hybridized carbons (Fsp3) is 0.500. The number of hydrogen-bond acceptors (Lipinski definition) is 5. The molecule has 6 nitrogen and oxygen atoms in total. The van der Waals surface area contributed by atoms with E-state index in [9.17, 15) is 13.2 Å². The van der Waals surface area contributed by atoms with Crippen molar-refractivity contribution in [3.63, 3.8) is 0 Å². The summed E-state index contributed by atoms with van der Waals surface area (Å²) in [5.74, 6) is -0.613. The number of nitrogens with one attached hydrogen (secondary N) is 2. The van der Waals surface area contributed by atoms with Gasteiger partial charge in [-0.1, -0.05) is 25.7 Å². The summed E-state index contributed by atoms with van der Waals surface area (Å²) in [6.45, 7) is 7.52. The molecule has 0 aliphatic heterocycles. The second kappa shape index (κ2) is 9.11. The molecule has 0 aromatic heterocycles. The van der Waals surface area contributed by atoms with E-state index in [1.165, 1.54) is 12.1 Å². The smallest absolute Gasteiger partial charge is 0.264 e. The lowest BCUT2D eigenvalue weighted by atomic mass is 10.4. The van der Waals surface area contributed by atoms with Crippen molar-refractivity contribution in [2.45, 2.75) is 30.6 Å². The maximum Gasteiger partial charge on any atom is 0.264 e. The average Bonchev–Trinajstić information content (AvgIpc) is 2.41. The molecule has 0 spiro atoms. The van der Waals surface area contributed by atoms with Crippen LogP contribution in [0.1, 0.15) is 0 Å². The maximum atomic E-state index is 12.1. The number of ether oxygens (including phenoxy) is 1. The highest BCUT2D eigenvalue weighted by atomic mass is 127. The molecule has 1 aromatic carbocycles. The second-order valence-corrected chi connectivity index (χ2v) is 14.8. The molecule has 0 atom stereocenters. The number of benzene rings is 1. The highest BCUT2D eigenvalue weighted by Crippen LogP contribution is 2.12. The van der Waals surface area contributed by atoms with E-state index in [2.05, 4.69) is 25.0 Å². The predicted octanol–water partition coefficient (Wildman–Crippen LogP) is 2.00. The van der Waals surface area contributed by atoms with E-state index in [1.54, 1.807) is 12.1 Å².